The van der Waals surface area contributed by atoms with Crippen molar-refractivity contribution in [3.63, 3.8) is 0 Å². The number of hydrogen-bond acceptors (Lipinski definition) is 4. The summed E-state index contributed by atoms with van der Waals surface area (Å²) in [7, 11) is 0. The molecule has 2 N–H and O–H groups in total. The minimum atomic E-state index is -1.15. The van der Waals surface area contributed by atoms with Gasteiger partial charge >= 0.3 is 0 Å². The second kappa shape index (κ2) is 5.91. The third kappa shape index (κ3) is 2.05. The number of carbonyl (C=O) groups is 3. The van der Waals surface area contributed by atoms with Gasteiger partial charge < -0.3 is 5.32 Å². The molecule has 0 saturated carbocycles. The molecule has 3 heterocycles. The number of nitrogens with zero attached hydrogens (tertiary/aromatic N) is 1. The van der Waals surface area contributed by atoms with E-state index in [4.69, 9.17) is 0 Å². The minimum absolute atomic E-state index is 0.130. The predicted molar refractivity (Wildman–Crippen MR) is 97.1 cm³/mol. The zero-order valence-corrected chi connectivity index (χ0v) is 15.4. The fourth-order valence-electron chi connectivity index (χ4n) is 4.86. The SMILES string of the molecule is CCCCN1C(=O)[C@H]2[C@@H](C1=O)[C@@]1(N[C@H]2C(C)C)C(=O)Nc2ccccc21. The molecule has 2 fully saturated rings. The van der Waals surface area contributed by atoms with E-state index in [1.165, 1.54) is 4.90 Å². The Kier molecular flexibility index (Phi) is 3.91. The van der Waals surface area contributed by atoms with Crippen LogP contribution >= 0.6 is 0 Å². The third-order valence-electron chi connectivity index (χ3n) is 6.10. The summed E-state index contributed by atoms with van der Waals surface area (Å²) in [6, 6.07) is 7.25. The first-order chi connectivity index (χ1) is 12.4. The number of rotatable bonds is 4. The first kappa shape index (κ1) is 17.2. The summed E-state index contributed by atoms with van der Waals surface area (Å²) in [5.41, 5.74) is 0.353. The van der Waals surface area contributed by atoms with Gasteiger partial charge in [0.1, 0.15) is 5.54 Å². The summed E-state index contributed by atoms with van der Waals surface area (Å²) < 4.78 is 0. The van der Waals surface area contributed by atoms with Crippen LogP contribution in [-0.2, 0) is 19.9 Å². The number of fused-ring (bicyclic) bond motifs is 4. The van der Waals surface area contributed by atoms with Crippen molar-refractivity contribution < 1.29 is 14.4 Å². The minimum Gasteiger partial charge on any atom is -0.324 e. The van der Waals surface area contributed by atoms with Crippen molar-refractivity contribution in [3.05, 3.63) is 29.8 Å². The molecule has 1 spiro atoms. The zero-order valence-electron chi connectivity index (χ0n) is 15.4. The van der Waals surface area contributed by atoms with E-state index < -0.39 is 17.4 Å². The summed E-state index contributed by atoms with van der Waals surface area (Å²) in [5, 5.41) is 6.34. The molecule has 4 atom stereocenters. The van der Waals surface area contributed by atoms with E-state index in [0.717, 1.165) is 24.1 Å². The highest BCUT2D eigenvalue weighted by Crippen LogP contribution is 2.53. The third-order valence-corrected chi connectivity index (χ3v) is 6.10. The van der Waals surface area contributed by atoms with Gasteiger partial charge in [0, 0.05) is 23.8 Å². The fraction of sp³-hybridized carbons (Fsp3) is 0.550. The molecule has 3 aliphatic heterocycles. The van der Waals surface area contributed by atoms with E-state index in [9.17, 15) is 14.4 Å². The van der Waals surface area contributed by atoms with Crippen molar-refractivity contribution in [2.75, 3.05) is 11.9 Å². The smallest absolute Gasteiger partial charge is 0.250 e. The Bertz CT molecular complexity index is 790. The molecule has 0 unspecified atom stereocenters. The summed E-state index contributed by atoms with van der Waals surface area (Å²) >= 11 is 0. The molecule has 0 aromatic heterocycles. The molecule has 0 bridgehead atoms. The van der Waals surface area contributed by atoms with Crippen LogP contribution < -0.4 is 10.6 Å². The highest BCUT2D eigenvalue weighted by atomic mass is 16.2. The van der Waals surface area contributed by atoms with E-state index in [0.29, 0.717) is 6.54 Å². The topological polar surface area (TPSA) is 78.5 Å². The Morgan fingerprint density at radius 2 is 1.88 bits per heavy atom. The number of amides is 3. The maximum absolute atomic E-state index is 13.3. The quantitative estimate of drug-likeness (QED) is 0.808. The molecular formula is C20H25N3O3. The van der Waals surface area contributed by atoms with E-state index in [2.05, 4.69) is 10.6 Å². The molecular weight excluding hydrogens is 330 g/mol. The van der Waals surface area contributed by atoms with Crippen molar-refractivity contribution >= 4 is 23.4 Å². The van der Waals surface area contributed by atoms with Crippen LogP contribution in [0.5, 0.6) is 0 Å². The summed E-state index contributed by atoms with van der Waals surface area (Å²) in [6.07, 6.45) is 1.69. The lowest BCUT2D eigenvalue weighted by atomic mass is 9.76. The van der Waals surface area contributed by atoms with Crippen molar-refractivity contribution in [1.82, 2.24) is 10.2 Å². The number of unbranched alkanes of at least 4 members (excludes halogenated alkanes) is 1. The highest BCUT2D eigenvalue weighted by molar-refractivity contribution is 6.15. The lowest BCUT2D eigenvalue weighted by Crippen LogP contribution is -2.54. The first-order valence-corrected chi connectivity index (χ1v) is 9.47. The Hall–Kier alpha value is -2.21. The fourth-order valence-corrected chi connectivity index (χ4v) is 4.86. The Morgan fingerprint density at radius 1 is 1.15 bits per heavy atom. The van der Waals surface area contributed by atoms with Gasteiger partial charge in [-0.2, -0.15) is 0 Å². The molecule has 3 aliphatic rings. The van der Waals surface area contributed by atoms with Gasteiger partial charge in [0.05, 0.1) is 11.8 Å². The molecule has 1 aromatic carbocycles. The number of carbonyl (C=O) groups excluding carboxylic acids is 3. The van der Waals surface area contributed by atoms with E-state index >= 15 is 0 Å². The highest BCUT2D eigenvalue weighted by Gasteiger charge is 2.70. The number of nitrogens with one attached hydrogen (secondary N) is 2. The van der Waals surface area contributed by atoms with Crippen molar-refractivity contribution in [1.29, 1.82) is 0 Å². The zero-order chi connectivity index (χ0) is 18.6. The Labute approximate surface area is 153 Å². The number of benzene rings is 1. The molecule has 4 rings (SSSR count). The summed E-state index contributed by atoms with van der Waals surface area (Å²) in [5.74, 6) is -1.61. The van der Waals surface area contributed by atoms with Crippen molar-refractivity contribution in [3.8, 4) is 0 Å². The maximum atomic E-state index is 13.3. The number of likely N-dealkylation sites (tertiary alicyclic amines) is 1. The van der Waals surface area contributed by atoms with Gasteiger partial charge in [0.2, 0.25) is 17.7 Å². The largest absolute Gasteiger partial charge is 0.324 e. The molecule has 26 heavy (non-hydrogen) atoms. The average Bonchev–Trinajstić information content (AvgIpc) is 3.20. The first-order valence-electron chi connectivity index (χ1n) is 9.47. The average molecular weight is 355 g/mol. The van der Waals surface area contributed by atoms with Gasteiger partial charge in [-0.25, -0.2) is 0 Å². The standard InChI is InChI=1S/C20H25N3O3/c1-4-5-10-23-17(24)14-15(18(23)25)20(22-16(14)11(2)3)12-8-6-7-9-13(12)21-19(20)26/h6-9,11,14-16,22H,4-5,10H2,1-3H3,(H,21,26)/t14-,15-,16-,20+/m0/s1. The van der Waals surface area contributed by atoms with Crippen LogP contribution in [0.2, 0.25) is 0 Å². The molecule has 6 heteroatoms. The normalized spacial score (nSPS) is 32.5. The van der Waals surface area contributed by atoms with Gasteiger partial charge in [0.15, 0.2) is 0 Å². The van der Waals surface area contributed by atoms with E-state index in [1.54, 1.807) is 0 Å². The van der Waals surface area contributed by atoms with Crippen LogP contribution in [0.25, 0.3) is 0 Å². The van der Waals surface area contributed by atoms with Crippen LogP contribution in [-0.4, -0.2) is 35.2 Å². The van der Waals surface area contributed by atoms with Crippen LogP contribution in [0.1, 0.15) is 39.2 Å². The lowest BCUT2D eigenvalue weighted by molar-refractivity contribution is -0.143. The van der Waals surface area contributed by atoms with Crippen molar-refractivity contribution in [2.24, 2.45) is 17.8 Å². The Morgan fingerprint density at radius 3 is 2.58 bits per heavy atom. The molecule has 138 valence electrons. The van der Waals surface area contributed by atoms with Gasteiger partial charge in [-0.05, 0) is 18.4 Å². The van der Waals surface area contributed by atoms with Crippen molar-refractivity contribution in [2.45, 2.75) is 45.2 Å². The maximum Gasteiger partial charge on any atom is 0.250 e. The molecule has 2 saturated heterocycles. The lowest BCUT2D eigenvalue weighted by Gasteiger charge is -2.30. The second-order valence-electron chi connectivity index (χ2n) is 7.91. The Balaban J connectivity index is 1.85. The molecule has 1 aromatic rings. The van der Waals surface area contributed by atoms with Gasteiger partial charge in [-0.1, -0.05) is 45.4 Å². The molecule has 0 aliphatic carbocycles. The molecule has 3 amide bonds. The molecule has 6 nitrogen and oxygen atoms in total. The second-order valence-corrected chi connectivity index (χ2v) is 7.91. The van der Waals surface area contributed by atoms with E-state index in [-0.39, 0.29) is 29.7 Å². The van der Waals surface area contributed by atoms with E-state index in [1.807, 2.05) is 45.0 Å². The van der Waals surface area contributed by atoms with Crippen LogP contribution in [0, 0.1) is 17.8 Å². The monoisotopic (exact) mass is 355 g/mol. The summed E-state index contributed by atoms with van der Waals surface area (Å²) in [4.78, 5) is 40.9. The predicted octanol–water partition coefficient (Wildman–Crippen LogP) is 1.86. The van der Waals surface area contributed by atoms with Crippen LogP contribution in [0.3, 0.4) is 0 Å². The number of anilines is 1. The number of imide groups is 1. The van der Waals surface area contributed by atoms with Crippen LogP contribution in [0.15, 0.2) is 24.3 Å². The summed E-state index contributed by atoms with van der Waals surface area (Å²) in [6.45, 7) is 6.52. The number of hydrogen-bond donors (Lipinski definition) is 2. The van der Waals surface area contributed by atoms with Gasteiger partial charge in [-0.3, -0.25) is 24.6 Å². The van der Waals surface area contributed by atoms with Crippen LogP contribution in [0.4, 0.5) is 5.69 Å². The van der Waals surface area contributed by atoms with Gasteiger partial charge in [0.25, 0.3) is 0 Å². The van der Waals surface area contributed by atoms with Gasteiger partial charge in [-0.15, -0.1) is 0 Å². The number of para-hydroxylation sites is 1. The molecule has 0 radical (unpaired) electrons.